The van der Waals surface area contributed by atoms with E-state index in [1.807, 2.05) is 91.0 Å². The molecule has 2 bridgehead atoms. The summed E-state index contributed by atoms with van der Waals surface area (Å²) in [6.45, 7) is -2.11. The molecule has 4 aromatic rings. The predicted molar refractivity (Wildman–Crippen MR) is 214 cm³/mol. The Balaban J connectivity index is 1.16. The van der Waals surface area contributed by atoms with Crippen LogP contribution in [-0.2, 0) is 61.7 Å². The number of halogens is 3. The summed E-state index contributed by atoms with van der Waals surface area (Å²) < 4.78 is 62.0. The molecule has 62 heavy (non-hydrogen) atoms. The van der Waals surface area contributed by atoms with E-state index in [0.717, 1.165) is 11.6 Å². The van der Waals surface area contributed by atoms with Gasteiger partial charge in [-0.05, 0) is 22.8 Å². The first-order valence-electron chi connectivity index (χ1n) is 20.1. The SMILES string of the molecule is CN(C(=O)C12CC3OC(=O)C1N(Cc1ccc(C=CC(=O)OCC(F)(F)F)cc1)OC2C1OC(c2ccccc2)(c2ccccc2)OC31)C(Cc1ccccc1)C(=O)NCCO. The quantitative estimate of drug-likeness (QED) is 0.137. The molecule has 324 valence electrons. The second kappa shape index (κ2) is 17.5. The number of likely N-dealkylation sites (N-methyl/N-ethyl adjacent to an activating group) is 1. The molecule has 2 amide bonds. The summed E-state index contributed by atoms with van der Waals surface area (Å²) in [4.78, 5) is 63.9. The number of ether oxygens (including phenoxy) is 4. The maximum absolute atomic E-state index is 15.6. The Bertz CT molecular complexity index is 2240. The molecule has 4 aliphatic rings. The Morgan fingerprint density at radius 3 is 2.13 bits per heavy atom. The molecule has 4 aromatic carbocycles. The largest absolute Gasteiger partial charge is 0.458 e. The van der Waals surface area contributed by atoms with E-state index in [9.17, 15) is 32.7 Å². The number of aliphatic hydroxyl groups is 1. The van der Waals surface area contributed by atoms with Gasteiger partial charge in [0, 0.05) is 43.6 Å². The number of nitrogens with zero attached hydrogens (tertiary/aromatic N) is 2. The molecule has 7 atom stereocenters. The van der Waals surface area contributed by atoms with Gasteiger partial charge in [0.25, 0.3) is 0 Å². The molecule has 0 radical (unpaired) electrons. The fourth-order valence-corrected chi connectivity index (χ4v) is 8.96. The second-order valence-corrected chi connectivity index (χ2v) is 15.7. The predicted octanol–water partition coefficient (Wildman–Crippen LogP) is 4.47. The topological polar surface area (TPSA) is 153 Å². The van der Waals surface area contributed by atoms with Gasteiger partial charge in [-0.15, -0.1) is 0 Å². The lowest BCUT2D eigenvalue weighted by molar-refractivity contribution is -0.214. The normalized spacial score (nSPS) is 25.4. The van der Waals surface area contributed by atoms with Gasteiger partial charge in [0.05, 0.1) is 13.2 Å². The van der Waals surface area contributed by atoms with Crippen molar-refractivity contribution >= 4 is 29.8 Å². The molecule has 3 aliphatic heterocycles. The molecule has 4 fully saturated rings. The number of carbonyl (C=O) groups is 4. The van der Waals surface area contributed by atoms with Gasteiger partial charge in [-0.2, -0.15) is 18.2 Å². The van der Waals surface area contributed by atoms with Gasteiger partial charge in [-0.1, -0.05) is 115 Å². The van der Waals surface area contributed by atoms with E-state index in [0.29, 0.717) is 22.3 Å². The monoisotopic (exact) mass is 855 g/mol. The summed E-state index contributed by atoms with van der Waals surface area (Å²) in [5.41, 5.74) is 1.53. The number of hydrogen-bond acceptors (Lipinski definition) is 11. The summed E-state index contributed by atoms with van der Waals surface area (Å²) in [6.07, 6.45) is -6.33. The van der Waals surface area contributed by atoms with Crippen molar-refractivity contribution in [3.63, 3.8) is 0 Å². The number of rotatable bonds is 14. The molecule has 16 heteroatoms. The van der Waals surface area contributed by atoms with Crippen molar-refractivity contribution in [2.24, 2.45) is 5.41 Å². The number of alkyl halides is 3. The molecule has 1 saturated carbocycles. The Labute approximate surface area is 354 Å². The second-order valence-electron chi connectivity index (χ2n) is 15.7. The first-order chi connectivity index (χ1) is 29.8. The van der Waals surface area contributed by atoms with Crippen molar-refractivity contribution in [3.8, 4) is 0 Å². The van der Waals surface area contributed by atoms with E-state index in [4.69, 9.17) is 19.0 Å². The van der Waals surface area contributed by atoms with E-state index in [1.165, 1.54) is 23.1 Å². The summed E-state index contributed by atoms with van der Waals surface area (Å²) >= 11 is 0. The first kappa shape index (κ1) is 42.8. The van der Waals surface area contributed by atoms with Gasteiger partial charge < -0.3 is 34.3 Å². The molecule has 8 rings (SSSR count). The van der Waals surface area contributed by atoms with Gasteiger partial charge in [0.1, 0.15) is 35.9 Å². The van der Waals surface area contributed by atoms with Crippen LogP contribution in [0.2, 0.25) is 0 Å². The maximum atomic E-state index is 15.6. The van der Waals surface area contributed by atoms with Crippen LogP contribution in [0.1, 0.15) is 34.2 Å². The molecule has 3 heterocycles. The number of hydroxylamine groups is 2. The molecular formula is C46H44F3N3O10. The molecule has 7 unspecified atom stereocenters. The van der Waals surface area contributed by atoms with Crippen molar-refractivity contribution in [2.75, 3.05) is 26.8 Å². The lowest BCUT2D eigenvalue weighted by Crippen LogP contribution is -2.70. The highest BCUT2D eigenvalue weighted by Crippen LogP contribution is 2.59. The third-order valence-electron chi connectivity index (χ3n) is 11.7. The van der Waals surface area contributed by atoms with Crippen molar-refractivity contribution in [3.05, 3.63) is 149 Å². The third-order valence-corrected chi connectivity index (χ3v) is 11.7. The van der Waals surface area contributed by atoms with Crippen LogP contribution in [0.5, 0.6) is 0 Å². The Morgan fingerprint density at radius 2 is 1.52 bits per heavy atom. The van der Waals surface area contributed by atoms with Gasteiger partial charge in [0.15, 0.2) is 12.6 Å². The highest BCUT2D eigenvalue weighted by atomic mass is 19.4. The zero-order valence-electron chi connectivity index (χ0n) is 33.5. The van der Waals surface area contributed by atoms with E-state index in [1.54, 1.807) is 24.3 Å². The van der Waals surface area contributed by atoms with E-state index < -0.39 is 84.2 Å². The number of esters is 2. The van der Waals surface area contributed by atoms with Crippen LogP contribution >= 0.6 is 0 Å². The Kier molecular flexibility index (Phi) is 12.0. The Hall–Kier alpha value is -5.91. The number of carbonyl (C=O) groups excluding carboxylic acids is 4. The van der Waals surface area contributed by atoms with Crippen LogP contribution < -0.4 is 5.32 Å². The lowest BCUT2D eigenvalue weighted by Gasteiger charge is -2.50. The highest BCUT2D eigenvalue weighted by molar-refractivity contribution is 5.96. The third kappa shape index (κ3) is 8.23. The summed E-state index contributed by atoms with van der Waals surface area (Å²) in [7, 11) is 1.52. The van der Waals surface area contributed by atoms with Crippen LogP contribution in [0.4, 0.5) is 13.2 Å². The molecule has 1 aliphatic carbocycles. The summed E-state index contributed by atoms with van der Waals surface area (Å²) in [5.74, 6) is -4.43. The minimum atomic E-state index is -4.66. The number of hydrogen-bond donors (Lipinski definition) is 2. The van der Waals surface area contributed by atoms with Crippen LogP contribution in [-0.4, -0.2) is 108 Å². The fraction of sp³-hybridized carbons (Fsp3) is 0.348. The van der Waals surface area contributed by atoms with Gasteiger partial charge in [-0.3, -0.25) is 19.2 Å². The molecule has 0 spiro atoms. The average molecular weight is 856 g/mol. The Morgan fingerprint density at radius 1 is 0.903 bits per heavy atom. The minimum absolute atomic E-state index is 0.0254. The number of fused-ring (bicyclic) bond motifs is 4. The standard InChI is InChI=1S/C46H44F3N3O10/c1-51(34(41(55)50-23-24-53)25-30-11-5-2-6-12-30)43(57)44-26-35-37-38(61-46(60-37,32-13-7-3-8-14-32)33-15-9-4-10-16-33)40(44)62-52(39(44)42(56)59-35)27-31-19-17-29(18-20-31)21-22-36(54)58-28-45(47,48)49/h2-22,34-35,37-40,53H,23-28H2,1H3,(H,50,55). The van der Waals surface area contributed by atoms with Crippen molar-refractivity contribution in [1.82, 2.24) is 15.3 Å². The zero-order chi connectivity index (χ0) is 43.6. The molecule has 0 aromatic heterocycles. The molecule has 3 saturated heterocycles. The maximum Gasteiger partial charge on any atom is 0.422 e. The van der Waals surface area contributed by atoms with Gasteiger partial charge in [-0.25, -0.2) is 4.79 Å². The van der Waals surface area contributed by atoms with E-state index in [2.05, 4.69) is 10.1 Å². The average Bonchev–Trinajstić information content (AvgIpc) is 3.86. The lowest BCUT2D eigenvalue weighted by atomic mass is 9.62. The number of amides is 2. The smallest absolute Gasteiger partial charge is 0.422 e. The number of aliphatic hydroxyl groups excluding tert-OH is 1. The fourth-order valence-electron chi connectivity index (χ4n) is 8.96. The van der Waals surface area contributed by atoms with Gasteiger partial charge in [0.2, 0.25) is 17.6 Å². The highest BCUT2D eigenvalue weighted by Gasteiger charge is 2.77. The molecular weight excluding hydrogens is 812 g/mol. The van der Waals surface area contributed by atoms with E-state index in [-0.39, 0.29) is 32.5 Å². The minimum Gasteiger partial charge on any atom is -0.458 e. The summed E-state index contributed by atoms with van der Waals surface area (Å²) in [6, 6.07) is 32.0. The van der Waals surface area contributed by atoms with Crippen molar-refractivity contribution in [2.45, 2.75) is 67.8 Å². The van der Waals surface area contributed by atoms with Crippen LogP contribution in [0.25, 0.3) is 6.08 Å². The zero-order valence-corrected chi connectivity index (χ0v) is 33.5. The first-order valence-corrected chi connectivity index (χ1v) is 20.1. The molecule has 2 N–H and O–H groups in total. The molecule has 13 nitrogen and oxygen atoms in total. The number of benzene rings is 4. The van der Waals surface area contributed by atoms with E-state index >= 15 is 4.79 Å². The van der Waals surface area contributed by atoms with Crippen LogP contribution in [0, 0.1) is 5.41 Å². The summed E-state index contributed by atoms with van der Waals surface area (Å²) in [5, 5.41) is 13.7. The van der Waals surface area contributed by atoms with Crippen molar-refractivity contribution < 1.29 is 61.2 Å². The van der Waals surface area contributed by atoms with Crippen LogP contribution in [0.3, 0.4) is 0 Å². The number of nitrogens with one attached hydrogen (secondary N) is 1. The van der Waals surface area contributed by atoms with Gasteiger partial charge >= 0.3 is 18.1 Å². The van der Waals surface area contributed by atoms with Crippen LogP contribution in [0.15, 0.2) is 121 Å². The van der Waals surface area contributed by atoms with Crippen molar-refractivity contribution in [1.29, 1.82) is 0 Å².